The Kier molecular flexibility index (Phi) is 4.26. The van der Waals surface area contributed by atoms with Crippen molar-refractivity contribution in [3.8, 4) is 0 Å². The maximum absolute atomic E-state index is 12.9. The van der Waals surface area contributed by atoms with Crippen LogP contribution in [-0.4, -0.2) is 31.1 Å². The maximum Gasteiger partial charge on any atom is 0.243 e. The summed E-state index contributed by atoms with van der Waals surface area (Å²) in [5.74, 6) is 0. The number of aldehydes is 1. The minimum absolute atomic E-state index is 0.154. The van der Waals surface area contributed by atoms with Gasteiger partial charge in [0, 0.05) is 6.04 Å². The number of rotatable bonds is 3. The van der Waals surface area contributed by atoms with E-state index in [1.54, 1.807) is 24.3 Å². The van der Waals surface area contributed by atoms with E-state index in [4.69, 9.17) is 0 Å². The first kappa shape index (κ1) is 16.2. The third-order valence-electron chi connectivity index (χ3n) is 4.12. The van der Waals surface area contributed by atoms with Crippen molar-refractivity contribution in [2.24, 2.45) is 5.41 Å². The van der Waals surface area contributed by atoms with Crippen LogP contribution in [0.3, 0.4) is 0 Å². The number of carbonyl (C=O) groups is 1. The van der Waals surface area contributed by atoms with Crippen molar-refractivity contribution in [3.63, 3.8) is 0 Å². The molecule has 5 heteroatoms. The second-order valence-corrected chi connectivity index (χ2v) is 8.65. The summed E-state index contributed by atoms with van der Waals surface area (Å²) in [5, 5.41) is 0. The number of carbonyl (C=O) groups excluding carboxylic acids is 1. The van der Waals surface area contributed by atoms with E-state index in [-0.39, 0.29) is 16.4 Å². The van der Waals surface area contributed by atoms with Gasteiger partial charge in [-0.2, -0.15) is 4.31 Å². The molecule has 1 heterocycles. The molecule has 1 fully saturated rings. The molecule has 116 valence electrons. The summed E-state index contributed by atoms with van der Waals surface area (Å²) < 4.78 is 27.3. The van der Waals surface area contributed by atoms with Crippen molar-refractivity contribution in [1.29, 1.82) is 0 Å². The normalized spacial score (nSPS) is 24.2. The Labute approximate surface area is 127 Å². The molecule has 0 spiro atoms. The van der Waals surface area contributed by atoms with Gasteiger partial charge in [0.05, 0.1) is 10.9 Å². The molecule has 1 aliphatic rings. The molecule has 1 aromatic rings. The Morgan fingerprint density at radius 3 is 2.19 bits per heavy atom. The lowest BCUT2D eigenvalue weighted by atomic mass is 9.86. The standard InChI is InChI=1S/C16H23NO3S/c1-12-5-8-14(9-6-12)21(19,20)17-13(11-18)7-10-15(17)16(2,3)4/h5-6,8-9,11,13,15H,7,10H2,1-4H3/t13-,15+/m0/s1. The zero-order valence-electron chi connectivity index (χ0n) is 13.0. The fourth-order valence-electron chi connectivity index (χ4n) is 2.93. The molecule has 0 bridgehead atoms. The summed E-state index contributed by atoms with van der Waals surface area (Å²) in [5.41, 5.74) is 0.810. The van der Waals surface area contributed by atoms with E-state index < -0.39 is 16.1 Å². The fourth-order valence-corrected chi connectivity index (χ4v) is 4.93. The number of sulfonamides is 1. The molecule has 2 atom stereocenters. The highest BCUT2D eigenvalue weighted by atomic mass is 32.2. The molecule has 0 aromatic heterocycles. The average Bonchev–Trinajstić information content (AvgIpc) is 2.83. The van der Waals surface area contributed by atoms with Gasteiger partial charge in [-0.3, -0.25) is 0 Å². The minimum Gasteiger partial charge on any atom is -0.302 e. The molecule has 2 rings (SSSR count). The first-order valence-electron chi connectivity index (χ1n) is 7.23. The molecule has 0 unspecified atom stereocenters. The number of hydrogen-bond acceptors (Lipinski definition) is 3. The number of benzene rings is 1. The summed E-state index contributed by atoms with van der Waals surface area (Å²) >= 11 is 0. The zero-order valence-corrected chi connectivity index (χ0v) is 13.9. The van der Waals surface area contributed by atoms with E-state index in [0.717, 1.165) is 18.3 Å². The van der Waals surface area contributed by atoms with Gasteiger partial charge in [-0.1, -0.05) is 38.5 Å². The third kappa shape index (κ3) is 3.04. The Hall–Kier alpha value is -1.20. The molecule has 0 amide bonds. The highest BCUT2D eigenvalue weighted by Gasteiger charge is 2.46. The minimum atomic E-state index is -3.65. The van der Waals surface area contributed by atoms with Crippen LogP contribution in [0.5, 0.6) is 0 Å². The summed E-state index contributed by atoms with van der Waals surface area (Å²) in [7, 11) is -3.65. The number of hydrogen-bond donors (Lipinski definition) is 0. The van der Waals surface area contributed by atoms with Gasteiger partial charge in [0.1, 0.15) is 6.29 Å². The number of aryl methyl sites for hydroxylation is 1. The summed E-state index contributed by atoms with van der Waals surface area (Å²) in [6.45, 7) is 7.96. The van der Waals surface area contributed by atoms with E-state index in [2.05, 4.69) is 0 Å². The SMILES string of the molecule is Cc1ccc(S(=O)(=O)N2[C@H](C=O)CC[C@@H]2C(C)(C)C)cc1. The summed E-state index contributed by atoms with van der Waals surface area (Å²) in [6, 6.07) is 6.09. The van der Waals surface area contributed by atoms with Crippen molar-refractivity contribution < 1.29 is 13.2 Å². The van der Waals surface area contributed by atoms with Crippen molar-refractivity contribution in [1.82, 2.24) is 4.31 Å². The second kappa shape index (κ2) is 5.54. The molecule has 21 heavy (non-hydrogen) atoms. The largest absolute Gasteiger partial charge is 0.302 e. The molecule has 1 saturated heterocycles. The molecule has 0 radical (unpaired) electrons. The highest BCUT2D eigenvalue weighted by Crippen LogP contribution is 2.39. The smallest absolute Gasteiger partial charge is 0.243 e. The predicted molar refractivity (Wildman–Crippen MR) is 82.5 cm³/mol. The van der Waals surface area contributed by atoms with E-state index in [1.165, 1.54) is 4.31 Å². The molecule has 4 nitrogen and oxygen atoms in total. The molecular formula is C16H23NO3S. The van der Waals surface area contributed by atoms with Gasteiger partial charge in [-0.05, 0) is 37.3 Å². The summed E-state index contributed by atoms with van der Waals surface area (Å²) in [4.78, 5) is 11.6. The van der Waals surface area contributed by atoms with Crippen LogP contribution in [-0.2, 0) is 14.8 Å². The molecule has 0 aliphatic carbocycles. The van der Waals surface area contributed by atoms with Crippen molar-refractivity contribution in [2.75, 3.05) is 0 Å². The zero-order chi connectivity index (χ0) is 15.8. The van der Waals surface area contributed by atoms with Crippen LogP contribution in [0.15, 0.2) is 29.2 Å². The monoisotopic (exact) mass is 309 g/mol. The van der Waals surface area contributed by atoms with E-state index >= 15 is 0 Å². The van der Waals surface area contributed by atoms with E-state index in [1.807, 2.05) is 27.7 Å². The van der Waals surface area contributed by atoms with Crippen LogP contribution in [0.1, 0.15) is 39.2 Å². The predicted octanol–water partition coefficient (Wildman–Crippen LogP) is 2.76. The van der Waals surface area contributed by atoms with Gasteiger partial charge in [-0.15, -0.1) is 0 Å². The maximum atomic E-state index is 12.9. The van der Waals surface area contributed by atoms with Gasteiger partial charge >= 0.3 is 0 Å². The summed E-state index contributed by atoms with van der Waals surface area (Å²) in [6.07, 6.45) is 2.08. The first-order valence-corrected chi connectivity index (χ1v) is 8.67. The molecule has 0 N–H and O–H groups in total. The highest BCUT2D eigenvalue weighted by molar-refractivity contribution is 7.89. The van der Waals surface area contributed by atoms with Crippen molar-refractivity contribution in [2.45, 2.75) is 57.5 Å². The van der Waals surface area contributed by atoms with E-state index in [0.29, 0.717) is 6.42 Å². The molecule has 1 aromatic carbocycles. The van der Waals surface area contributed by atoms with Crippen LogP contribution in [0.2, 0.25) is 0 Å². The topological polar surface area (TPSA) is 54.5 Å². The molecule has 1 aliphatic heterocycles. The van der Waals surface area contributed by atoms with Gasteiger partial charge < -0.3 is 4.79 Å². The third-order valence-corrected chi connectivity index (χ3v) is 6.07. The molecular weight excluding hydrogens is 286 g/mol. The van der Waals surface area contributed by atoms with Crippen LogP contribution in [0, 0.1) is 12.3 Å². The first-order chi connectivity index (χ1) is 9.67. The number of nitrogens with zero attached hydrogens (tertiary/aromatic N) is 1. The lowest BCUT2D eigenvalue weighted by Gasteiger charge is -2.35. The van der Waals surface area contributed by atoms with Gasteiger partial charge in [-0.25, -0.2) is 8.42 Å². The fraction of sp³-hybridized carbons (Fsp3) is 0.562. The Bertz CT molecular complexity index is 614. The van der Waals surface area contributed by atoms with Crippen LogP contribution in [0.25, 0.3) is 0 Å². The van der Waals surface area contributed by atoms with Crippen LogP contribution in [0.4, 0.5) is 0 Å². The lowest BCUT2D eigenvalue weighted by molar-refractivity contribution is -0.110. The van der Waals surface area contributed by atoms with Crippen molar-refractivity contribution >= 4 is 16.3 Å². The lowest BCUT2D eigenvalue weighted by Crippen LogP contribution is -2.47. The average molecular weight is 309 g/mol. The van der Waals surface area contributed by atoms with Gasteiger partial charge in [0.15, 0.2) is 0 Å². The van der Waals surface area contributed by atoms with Crippen LogP contribution < -0.4 is 0 Å². The Balaban J connectivity index is 2.48. The van der Waals surface area contributed by atoms with Crippen molar-refractivity contribution in [3.05, 3.63) is 29.8 Å². The molecule has 0 saturated carbocycles. The van der Waals surface area contributed by atoms with Gasteiger partial charge in [0.25, 0.3) is 0 Å². The Morgan fingerprint density at radius 2 is 1.71 bits per heavy atom. The quantitative estimate of drug-likeness (QED) is 0.807. The van der Waals surface area contributed by atoms with E-state index in [9.17, 15) is 13.2 Å². The van der Waals surface area contributed by atoms with Gasteiger partial charge in [0.2, 0.25) is 10.0 Å². The second-order valence-electron chi connectivity index (χ2n) is 6.81. The Morgan fingerprint density at radius 1 is 1.14 bits per heavy atom. The van der Waals surface area contributed by atoms with Crippen LogP contribution >= 0.6 is 0 Å².